The average Bonchev–Trinajstić information content (AvgIpc) is 2.32. The molecule has 0 saturated heterocycles. The van der Waals surface area contributed by atoms with Crippen molar-refractivity contribution < 1.29 is 9.90 Å². The van der Waals surface area contributed by atoms with Crippen LogP contribution in [0.1, 0.15) is 5.56 Å². The number of nitrogens with one attached hydrogen (secondary N) is 1. The summed E-state index contributed by atoms with van der Waals surface area (Å²) in [5, 5.41) is 28.8. The Hall–Kier alpha value is -1.83. The lowest BCUT2D eigenvalue weighted by Gasteiger charge is -2.09. The lowest BCUT2D eigenvalue weighted by molar-refractivity contribution is -0.136. The van der Waals surface area contributed by atoms with E-state index in [2.05, 4.69) is 37.2 Å². The Balaban J connectivity index is 3.05. The highest BCUT2D eigenvalue weighted by Crippen LogP contribution is 2.32. The summed E-state index contributed by atoms with van der Waals surface area (Å²) in [5.41, 5.74) is 1.17. The molecule has 0 spiro atoms. The minimum absolute atomic E-state index is 0.0617. The summed E-state index contributed by atoms with van der Waals surface area (Å²) in [6.07, 6.45) is 1.19. The Morgan fingerprint density at radius 2 is 1.84 bits per heavy atom. The SMILES string of the molecule is N#CC(C#N)=CNc1c(Br)cc(CC(=O)O)cc1Br. The van der Waals surface area contributed by atoms with Crippen molar-refractivity contribution in [1.29, 1.82) is 10.5 Å². The standard InChI is InChI=1S/C12H7Br2N3O2/c13-9-1-7(3-11(18)19)2-10(14)12(9)17-6-8(4-15)5-16/h1-2,6,17H,3H2,(H,18,19). The molecule has 2 N–H and O–H groups in total. The van der Waals surface area contributed by atoms with Crippen LogP contribution in [0.2, 0.25) is 0 Å². The molecule has 0 radical (unpaired) electrons. The molecule has 19 heavy (non-hydrogen) atoms. The minimum atomic E-state index is -0.921. The first-order valence-electron chi connectivity index (χ1n) is 4.94. The first kappa shape index (κ1) is 15.2. The van der Waals surface area contributed by atoms with Crippen LogP contribution in [0.3, 0.4) is 0 Å². The van der Waals surface area contributed by atoms with Gasteiger partial charge in [0, 0.05) is 15.1 Å². The molecule has 1 rings (SSSR count). The van der Waals surface area contributed by atoms with Gasteiger partial charge in [0.05, 0.1) is 12.1 Å². The molecule has 7 heteroatoms. The fourth-order valence-corrected chi connectivity index (χ4v) is 2.78. The van der Waals surface area contributed by atoms with Crippen molar-refractivity contribution >= 4 is 43.5 Å². The van der Waals surface area contributed by atoms with Crippen LogP contribution in [-0.2, 0) is 11.2 Å². The first-order chi connectivity index (χ1) is 8.97. The van der Waals surface area contributed by atoms with E-state index in [0.29, 0.717) is 20.2 Å². The summed E-state index contributed by atoms with van der Waals surface area (Å²) in [5.74, 6) is -0.921. The first-order valence-corrected chi connectivity index (χ1v) is 6.53. The number of halogens is 2. The summed E-state index contributed by atoms with van der Waals surface area (Å²) in [6, 6.07) is 6.78. The highest BCUT2D eigenvalue weighted by Gasteiger charge is 2.09. The van der Waals surface area contributed by atoms with E-state index in [1.54, 1.807) is 24.3 Å². The van der Waals surface area contributed by atoms with Crippen LogP contribution in [-0.4, -0.2) is 11.1 Å². The molecule has 1 aromatic rings. The Labute approximate surface area is 126 Å². The van der Waals surface area contributed by atoms with Gasteiger partial charge >= 0.3 is 5.97 Å². The Morgan fingerprint density at radius 1 is 1.32 bits per heavy atom. The quantitative estimate of drug-likeness (QED) is 0.777. The van der Waals surface area contributed by atoms with Crippen LogP contribution in [0.15, 0.2) is 32.9 Å². The van der Waals surface area contributed by atoms with Gasteiger partial charge < -0.3 is 10.4 Å². The zero-order valence-electron chi connectivity index (χ0n) is 9.44. The number of nitrogens with zero attached hydrogens (tertiary/aromatic N) is 2. The average molecular weight is 385 g/mol. The van der Waals surface area contributed by atoms with Crippen molar-refractivity contribution in [1.82, 2.24) is 0 Å². The van der Waals surface area contributed by atoms with E-state index in [9.17, 15) is 4.79 Å². The third-order valence-corrected chi connectivity index (χ3v) is 3.31. The maximum Gasteiger partial charge on any atom is 0.307 e. The second-order valence-electron chi connectivity index (χ2n) is 3.43. The van der Waals surface area contributed by atoms with Gasteiger partial charge in [0.2, 0.25) is 0 Å². The number of carbonyl (C=O) groups is 1. The van der Waals surface area contributed by atoms with E-state index in [0.717, 1.165) is 0 Å². The number of aliphatic carboxylic acids is 1. The van der Waals surface area contributed by atoms with Crippen LogP contribution in [0.25, 0.3) is 0 Å². The molecule has 0 bridgehead atoms. The number of rotatable bonds is 4. The monoisotopic (exact) mass is 383 g/mol. The fourth-order valence-electron chi connectivity index (χ4n) is 1.27. The Bertz CT molecular complexity index is 588. The van der Waals surface area contributed by atoms with Crippen molar-refractivity contribution in [3.8, 4) is 12.1 Å². The summed E-state index contributed by atoms with van der Waals surface area (Å²) < 4.78 is 1.26. The molecule has 0 aliphatic carbocycles. The predicted molar refractivity (Wildman–Crippen MR) is 76.1 cm³/mol. The molecule has 5 nitrogen and oxygen atoms in total. The van der Waals surface area contributed by atoms with E-state index in [-0.39, 0.29) is 12.0 Å². The van der Waals surface area contributed by atoms with E-state index in [4.69, 9.17) is 15.6 Å². The third kappa shape index (κ3) is 4.40. The maximum absolute atomic E-state index is 10.6. The van der Waals surface area contributed by atoms with Gasteiger partial charge in [-0.2, -0.15) is 10.5 Å². The summed E-state index contributed by atoms with van der Waals surface area (Å²) in [6.45, 7) is 0. The van der Waals surface area contributed by atoms with Gasteiger partial charge in [-0.1, -0.05) is 0 Å². The van der Waals surface area contributed by atoms with Crippen LogP contribution in [0.5, 0.6) is 0 Å². The number of nitriles is 2. The Morgan fingerprint density at radius 3 is 2.26 bits per heavy atom. The molecule has 0 fully saturated rings. The number of benzene rings is 1. The lowest BCUT2D eigenvalue weighted by Crippen LogP contribution is -2.01. The molecule has 0 atom stereocenters. The van der Waals surface area contributed by atoms with Gasteiger partial charge in [0.25, 0.3) is 0 Å². The predicted octanol–water partition coefficient (Wildman–Crippen LogP) is 3.18. The minimum Gasteiger partial charge on any atom is -0.481 e. The number of carboxylic acids is 1. The highest BCUT2D eigenvalue weighted by molar-refractivity contribution is 9.11. The van der Waals surface area contributed by atoms with Gasteiger partial charge in [-0.05, 0) is 49.6 Å². The molecule has 0 aliphatic rings. The van der Waals surface area contributed by atoms with Crippen molar-refractivity contribution in [2.45, 2.75) is 6.42 Å². The number of allylic oxidation sites excluding steroid dienone is 1. The van der Waals surface area contributed by atoms with Gasteiger partial charge in [-0.25, -0.2) is 0 Å². The largest absolute Gasteiger partial charge is 0.481 e. The van der Waals surface area contributed by atoms with E-state index in [1.807, 2.05) is 0 Å². The molecule has 0 amide bonds. The molecule has 96 valence electrons. The zero-order valence-corrected chi connectivity index (χ0v) is 12.6. The second kappa shape index (κ2) is 6.93. The molecule has 0 heterocycles. The van der Waals surface area contributed by atoms with Gasteiger partial charge in [0.1, 0.15) is 17.7 Å². The van der Waals surface area contributed by atoms with Gasteiger partial charge in [-0.15, -0.1) is 0 Å². The van der Waals surface area contributed by atoms with E-state index >= 15 is 0 Å². The number of hydrogen-bond donors (Lipinski definition) is 2. The van der Waals surface area contributed by atoms with Gasteiger partial charge in [-0.3, -0.25) is 4.79 Å². The molecule has 0 saturated carbocycles. The summed E-state index contributed by atoms with van der Waals surface area (Å²) in [7, 11) is 0. The van der Waals surface area contributed by atoms with Crippen LogP contribution in [0, 0.1) is 22.7 Å². The molecular weight excluding hydrogens is 378 g/mol. The summed E-state index contributed by atoms with van der Waals surface area (Å²) >= 11 is 6.60. The fraction of sp³-hybridized carbons (Fsp3) is 0.0833. The number of anilines is 1. The number of hydrogen-bond acceptors (Lipinski definition) is 4. The molecule has 1 aromatic carbocycles. The van der Waals surface area contributed by atoms with Crippen molar-refractivity contribution in [3.63, 3.8) is 0 Å². The van der Waals surface area contributed by atoms with Crippen molar-refractivity contribution in [3.05, 3.63) is 38.4 Å². The molecule has 0 aromatic heterocycles. The van der Waals surface area contributed by atoms with Crippen LogP contribution >= 0.6 is 31.9 Å². The van der Waals surface area contributed by atoms with E-state index < -0.39 is 5.97 Å². The van der Waals surface area contributed by atoms with E-state index in [1.165, 1.54) is 6.20 Å². The highest BCUT2D eigenvalue weighted by atomic mass is 79.9. The molecule has 0 unspecified atom stereocenters. The number of carboxylic acid groups (broad SMARTS) is 1. The maximum atomic E-state index is 10.6. The smallest absolute Gasteiger partial charge is 0.307 e. The van der Waals surface area contributed by atoms with Crippen molar-refractivity contribution in [2.75, 3.05) is 5.32 Å². The Kier molecular flexibility index (Phi) is 5.56. The summed E-state index contributed by atoms with van der Waals surface area (Å²) in [4.78, 5) is 10.6. The topological polar surface area (TPSA) is 96.9 Å². The normalized spacial score (nSPS) is 9.05. The molecular formula is C12H7Br2N3O2. The lowest BCUT2D eigenvalue weighted by atomic mass is 10.1. The van der Waals surface area contributed by atoms with Crippen LogP contribution < -0.4 is 5.32 Å². The third-order valence-electron chi connectivity index (χ3n) is 2.06. The second-order valence-corrected chi connectivity index (χ2v) is 5.14. The van der Waals surface area contributed by atoms with Crippen LogP contribution in [0.4, 0.5) is 5.69 Å². The zero-order chi connectivity index (χ0) is 14.4. The van der Waals surface area contributed by atoms with Gasteiger partial charge in [0.15, 0.2) is 0 Å². The molecule has 0 aliphatic heterocycles. The van der Waals surface area contributed by atoms with Crippen molar-refractivity contribution in [2.24, 2.45) is 0 Å².